The second-order valence-electron chi connectivity index (χ2n) is 8.00. The first kappa shape index (κ1) is 20.7. The minimum atomic E-state index is -0.709. The van der Waals surface area contributed by atoms with E-state index in [-0.39, 0.29) is 24.9 Å². The summed E-state index contributed by atoms with van der Waals surface area (Å²) < 4.78 is 10.6. The average molecular weight is 376 g/mol. The molecule has 1 saturated heterocycles. The number of imide groups is 1. The molecule has 1 aliphatic rings. The zero-order chi connectivity index (χ0) is 20.2. The van der Waals surface area contributed by atoms with Crippen LogP contribution in [0.1, 0.15) is 46.6 Å². The molecule has 3 amide bonds. The number of ether oxygens (including phenoxy) is 2. The Morgan fingerprint density at radius 2 is 1.85 bits per heavy atom. The molecule has 1 heterocycles. The molecule has 1 aliphatic heterocycles. The van der Waals surface area contributed by atoms with Crippen LogP contribution in [0.5, 0.6) is 0 Å². The number of hydrogen-bond acceptors (Lipinski definition) is 5. The van der Waals surface area contributed by atoms with Gasteiger partial charge >= 0.3 is 12.2 Å². The molecule has 0 saturated carbocycles. The van der Waals surface area contributed by atoms with E-state index in [9.17, 15) is 14.4 Å². The molecule has 0 unspecified atom stereocenters. The molecule has 0 radical (unpaired) electrons. The molecular weight excluding hydrogens is 348 g/mol. The Morgan fingerprint density at radius 3 is 2.41 bits per heavy atom. The zero-order valence-electron chi connectivity index (χ0n) is 16.5. The number of amides is 3. The van der Waals surface area contributed by atoms with Crippen LogP contribution in [0.2, 0.25) is 0 Å². The lowest BCUT2D eigenvalue weighted by atomic mass is 9.97. The van der Waals surface area contributed by atoms with Gasteiger partial charge in [-0.2, -0.15) is 0 Å². The second-order valence-corrected chi connectivity index (χ2v) is 8.00. The van der Waals surface area contributed by atoms with Gasteiger partial charge in [-0.1, -0.05) is 44.2 Å². The summed E-state index contributed by atoms with van der Waals surface area (Å²) in [6, 6.07) is 8.30. The number of rotatable bonds is 4. The van der Waals surface area contributed by atoms with Gasteiger partial charge in [0.1, 0.15) is 12.2 Å². The fourth-order valence-electron chi connectivity index (χ4n) is 3.10. The quantitative estimate of drug-likeness (QED) is 0.870. The highest BCUT2D eigenvalue weighted by atomic mass is 16.6. The van der Waals surface area contributed by atoms with Crippen LogP contribution in [0.25, 0.3) is 0 Å². The maximum atomic E-state index is 12.5. The number of nitrogens with one attached hydrogen (secondary N) is 1. The number of carbonyl (C=O) groups is 3. The van der Waals surface area contributed by atoms with E-state index in [0.29, 0.717) is 0 Å². The minimum Gasteiger partial charge on any atom is -0.445 e. The minimum absolute atomic E-state index is 0.0303. The van der Waals surface area contributed by atoms with E-state index in [1.807, 2.05) is 44.2 Å². The summed E-state index contributed by atoms with van der Waals surface area (Å²) >= 11 is 0. The Hall–Kier alpha value is -2.57. The highest BCUT2D eigenvalue weighted by molar-refractivity contribution is 5.95. The summed E-state index contributed by atoms with van der Waals surface area (Å²) in [5, 5.41) is 2.73. The summed E-state index contributed by atoms with van der Waals surface area (Å²) in [6.07, 6.45) is -1.27. The molecule has 148 valence electrons. The maximum Gasteiger partial charge on any atom is 0.417 e. The molecule has 0 aliphatic carbocycles. The normalized spacial score (nSPS) is 19.9. The van der Waals surface area contributed by atoms with Gasteiger partial charge in [0.05, 0.1) is 12.1 Å². The summed E-state index contributed by atoms with van der Waals surface area (Å²) in [4.78, 5) is 38.2. The molecule has 2 rings (SSSR count). The fourth-order valence-corrected chi connectivity index (χ4v) is 3.10. The summed E-state index contributed by atoms with van der Waals surface area (Å²) in [5.41, 5.74) is 0.157. The smallest absolute Gasteiger partial charge is 0.417 e. The standard InChI is InChI=1S/C20H28N2O5/c1-13(2)17-15(11-16(23)22(17)19(25)27-20(3,4)5)21-18(24)26-12-14-9-7-6-8-10-14/h6-10,13,15,17H,11-12H2,1-5H3,(H,21,24)/t15-,17+/m1/s1. The Balaban J connectivity index is 2.02. The van der Waals surface area contributed by atoms with Gasteiger partial charge in [-0.25, -0.2) is 14.5 Å². The lowest BCUT2D eigenvalue weighted by Gasteiger charge is -2.31. The SMILES string of the molecule is CC(C)[C@H]1[C@H](NC(=O)OCc2ccccc2)CC(=O)N1C(=O)OC(C)(C)C. The Kier molecular flexibility index (Phi) is 6.46. The van der Waals surface area contributed by atoms with Crippen LogP contribution in [-0.2, 0) is 20.9 Å². The molecule has 1 aromatic carbocycles. The molecule has 1 aromatic rings. The van der Waals surface area contributed by atoms with E-state index in [1.165, 1.54) is 0 Å². The number of carbonyl (C=O) groups excluding carboxylic acids is 3. The third-order valence-electron chi connectivity index (χ3n) is 4.16. The molecule has 1 N–H and O–H groups in total. The summed E-state index contributed by atoms with van der Waals surface area (Å²) in [5.74, 6) is -0.417. The number of nitrogens with zero attached hydrogens (tertiary/aromatic N) is 1. The lowest BCUT2D eigenvalue weighted by Crippen LogP contribution is -2.51. The highest BCUT2D eigenvalue weighted by Gasteiger charge is 2.47. The maximum absolute atomic E-state index is 12.5. The van der Waals surface area contributed by atoms with Gasteiger partial charge in [0.2, 0.25) is 5.91 Å². The largest absolute Gasteiger partial charge is 0.445 e. The highest BCUT2D eigenvalue weighted by Crippen LogP contribution is 2.27. The first-order chi connectivity index (χ1) is 12.6. The molecule has 2 atom stereocenters. The third-order valence-corrected chi connectivity index (χ3v) is 4.16. The van der Waals surface area contributed by atoms with Crippen molar-refractivity contribution >= 4 is 18.1 Å². The van der Waals surface area contributed by atoms with Gasteiger partial charge in [-0.15, -0.1) is 0 Å². The van der Waals surface area contributed by atoms with Crippen LogP contribution in [0.4, 0.5) is 9.59 Å². The van der Waals surface area contributed by atoms with Crippen LogP contribution in [0, 0.1) is 5.92 Å². The molecule has 7 heteroatoms. The Labute approximate surface area is 160 Å². The van der Waals surface area contributed by atoms with Crippen LogP contribution >= 0.6 is 0 Å². The molecule has 0 aromatic heterocycles. The van der Waals surface area contributed by atoms with Gasteiger partial charge in [-0.3, -0.25) is 4.79 Å². The van der Waals surface area contributed by atoms with Crippen molar-refractivity contribution in [1.82, 2.24) is 10.2 Å². The summed E-state index contributed by atoms with van der Waals surface area (Å²) in [7, 11) is 0. The molecule has 7 nitrogen and oxygen atoms in total. The predicted molar refractivity (Wildman–Crippen MR) is 99.9 cm³/mol. The van der Waals surface area contributed by atoms with E-state index in [4.69, 9.17) is 9.47 Å². The molecular formula is C20H28N2O5. The van der Waals surface area contributed by atoms with Gasteiger partial charge in [-0.05, 0) is 32.3 Å². The first-order valence-electron chi connectivity index (χ1n) is 9.10. The topological polar surface area (TPSA) is 84.9 Å². The first-order valence-corrected chi connectivity index (χ1v) is 9.10. The van der Waals surface area contributed by atoms with Crippen molar-refractivity contribution in [2.75, 3.05) is 0 Å². The molecule has 0 spiro atoms. The van der Waals surface area contributed by atoms with Crippen LogP contribution in [0.3, 0.4) is 0 Å². The van der Waals surface area contributed by atoms with Gasteiger partial charge in [0.25, 0.3) is 0 Å². The van der Waals surface area contributed by atoms with Crippen LogP contribution in [0.15, 0.2) is 30.3 Å². The van der Waals surface area contributed by atoms with Crippen molar-refractivity contribution in [3.8, 4) is 0 Å². The van der Waals surface area contributed by atoms with Gasteiger partial charge in [0, 0.05) is 6.42 Å². The van der Waals surface area contributed by atoms with Crippen molar-refractivity contribution in [2.45, 2.75) is 65.3 Å². The Morgan fingerprint density at radius 1 is 1.22 bits per heavy atom. The van der Waals surface area contributed by atoms with Crippen molar-refractivity contribution in [3.63, 3.8) is 0 Å². The van der Waals surface area contributed by atoms with Crippen molar-refractivity contribution < 1.29 is 23.9 Å². The average Bonchev–Trinajstić information content (AvgIpc) is 2.88. The zero-order valence-corrected chi connectivity index (χ0v) is 16.5. The number of alkyl carbamates (subject to hydrolysis) is 1. The van der Waals surface area contributed by atoms with Gasteiger partial charge in [0.15, 0.2) is 0 Å². The monoisotopic (exact) mass is 376 g/mol. The van der Waals surface area contributed by atoms with Crippen molar-refractivity contribution in [1.29, 1.82) is 0 Å². The van der Waals surface area contributed by atoms with Crippen molar-refractivity contribution in [2.24, 2.45) is 5.92 Å². The second kappa shape index (κ2) is 8.41. The van der Waals surface area contributed by atoms with E-state index >= 15 is 0 Å². The lowest BCUT2D eigenvalue weighted by molar-refractivity contribution is -0.128. The van der Waals surface area contributed by atoms with E-state index < -0.39 is 29.9 Å². The van der Waals surface area contributed by atoms with Gasteiger partial charge < -0.3 is 14.8 Å². The van der Waals surface area contributed by atoms with Crippen molar-refractivity contribution in [3.05, 3.63) is 35.9 Å². The van der Waals surface area contributed by atoms with Crippen LogP contribution in [-0.4, -0.2) is 40.7 Å². The molecule has 0 bridgehead atoms. The van der Waals surface area contributed by atoms with E-state index in [1.54, 1.807) is 20.8 Å². The summed E-state index contributed by atoms with van der Waals surface area (Å²) in [6.45, 7) is 9.15. The Bertz CT molecular complexity index is 681. The van der Waals surface area contributed by atoms with E-state index in [0.717, 1.165) is 10.5 Å². The molecule has 27 heavy (non-hydrogen) atoms. The van der Waals surface area contributed by atoms with E-state index in [2.05, 4.69) is 5.32 Å². The number of likely N-dealkylation sites (tertiary alicyclic amines) is 1. The third kappa shape index (κ3) is 5.70. The number of hydrogen-bond donors (Lipinski definition) is 1. The van der Waals surface area contributed by atoms with Crippen LogP contribution < -0.4 is 5.32 Å². The number of benzene rings is 1. The fraction of sp³-hybridized carbons (Fsp3) is 0.550. The molecule has 1 fully saturated rings. The predicted octanol–water partition coefficient (Wildman–Crippen LogP) is 3.47.